The summed E-state index contributed by atoms with van der Waals surface area (Å²) in [6.45, 7) is 6.22. The molecule has 0 fully saturated rings. The number of nitrogens with one attached hydrogen (secondary N) is 1. The fourth-order valence-electron chi connectivity index (χ4n) is 2.55. The lowest BCUT2D eigenvalue weighted by Crippen LogP contribution is -2.23. The summed E-state index contributed by atoms with van der Waals surface area (Å²) in [4.78, 5) is 0. The molecule has 1 aromatic carbocycles. The second kappa shape index (κ2) is 7.62. The Hall–Kier alpha value is -1.32. The van der Waals surface area contributed by atoms with Crippen molar-refractivity contribution in [2.75, 3.05) is 13.1 Å². The predicted molar refractivity (Wildman–Crippen MR) is 89.0 cm³/mol. The third-order valence-electron chi connectivity index (χ3n) is 3.83. The maximum absolute atomic E-state index is 6.00. The lowest BCUT2D eigenvalue weighted by Gasteiger charge is -2.18. The first kappa shape index (κ1) is 16.1. The molecular formula is C17H24ClN3. The van der Waals surface area contributed by atoms with E-state index in [1.54, 1.807) is 0 Å². The molecule has 1 N–H and O–H groups in total. The Morgan fingerprint density at radius 1 is 1.24 bits per heavy atom. The fourth-order valence-corrected chi connectivity index (χ4v) is 2.68. The van der Waals surface area contributed by atoms with Gasteiger partial charge in [0.15, 0.2) is 0 Å². The highest BCUT2D eigenvalue weighted by molar-refractivity contribution is 6.30. The number of likely N-dealkylation sites (N-methyl/N-ethyl adjacent to an activating group) is 1. The summed E-state index contributed by atoms with van der Waals surface area (Å²) in [5.74, 6) is 0.433. The van der Waals surface area contributed by atoms with Crippen molar-refractivity contribution in [2.45, 2.75) is 32.6 Å². The third-order valence-corrected chi connectivity index (χ3v) is 4.08. The molecule has 2 aromatic rings. The number of hydrogen-bond acceptors (Lipinski definition) is 2. The number of nitrogens with zero attached hydrogens (tertiary/aromatic N) is 2. The molecule has 1 heterocycles. The molecule has 0 aliphatic rings. The minimum atomic E-state index is 0.433. The van der Waals surface area contributed by atoms with Gasteiger partial charge in [-0.25, -0.2) is 0 Å². The van der Waals surface area contributed by atoms with Crippen molar-refractivity contribution in [3.05, 3.63) is 52.3 Å². The highest BCUT2D eigenvalue weighted by atomic mass is 35.5. The lowest BCUT2D eigenvalue weighted by atomic mass is 9.94. The van der Waals surface area contributed by atoms with Crippen LogP contribution in [0.15, 0.2) is 30.3 Å². The highest BCUT2D eigenvalue weighted by Crippen LogP contribution is 2.22. The molecule has 21 heavy (non-hydrogen) atoms. The number of rotatable bonds is 7. The Bertz CT molecular complexity index is 560. The Balaban J connectivity index is 2.19. The Labute approximate surface area is 132 Å². The van der Waals surface area contributed by atoms with Crippen LogP contribution in [-0.2, 0) is 19.9 Å². The molecule has 3 nitrogen and oxygen atoms in total. The van der Waals surface area contributed by atoms with Crippen molar-refractivity contribution in [3.8, 4) is 0 Å². The van der Waals surface area contributed by atoms with Crippen molar-refractivity contribution < 1.29 is 0 Å². The van der Waals surface area contributed by atoms with Gasteiger partial charge in [0.1, 0.15) is 0 Å². The zero-order valence-corrected chi connectivity index (χ0v) is 13.8. The summed E-state index contributed by atoms with van der Waals surface area (Å²) >= 11 is 6.00. The van der Waals surface area contributed by atoms with Crippen molar-refractivity contribution in [1.82, 2.24) is 15.1 Å². The fraction of sp³-hybridized carbons (Fsp3) is 0.471. The van der Waals surface area contributed by atoms with Gasteiger partial charge in [-0.1, -0.05) is 37.6 Å². The van der Waals surface area contributed by atoms with E-state index >= 15 is 0 Å². The second-order valence-electron chi connectivity index (χ2n) is 5.36. The Morgan fingerprint density at radius 3 is 2.52 bits per heavy atom. The van der Waals surface area contributed by atoms with Crippen LogP contribution in [0.3, 0.4) is 0 Å². The summed E-state index contributed by atoms with van der Waals surface area (Å²) in [5, 5.41) is 8.79. The SMILES string of the molecule is CCNCC(Cc1cc(CC)nn1C)c1ccc(Cl)cc1. The third kappa shape index (κ3) is 4.32. The van der Waals surface area contributed by atoms with Gasteiger partial charge in [0.2, 0.25) is 0 Å². The van der Waals surface area contributed by atoms with Crippen LogP contribution in [0.2, 0.25) is 5.02 Å². The molecule has 2 rings (SSSR count). The van der Waals surface area contributed by atoms with E-state index in [0.29, 0.717) is 5.92 Å². The van der Waals surface area contributed by atoms with E-state index in [0.717, 1.165) is 36.6 Å². The molecule has 0 amide bonds. The molecular weight excluding hydrogens is 282 g/mol. The smallest absolute Gasteiger partial charge is 0.0624 e. The number of halogens is 1. The number of aromatic nitrogens is 2. The summed E-state index contributed by atoms with van der Waals surface area (Å²) < 4.78 is 2.01. The van der Waals surface area contributed by atoms with E-state index in [9.17, 15) is 0 Å². The molecule has 0 aliphatic heterocycles. The van der Waals surface area contributed by atoms with Gasteiger partial charge in [0.05, 0.1) is 5.69 Å². The molecule has 0 saturated carbocycles. The monoisotopic (exact) mass is 305 g/mol. The van der Waals surface area contributed by atoms with Crippen LogP contribution in [0, 0.1) is 0 Å². The van der Waals surface area contributed by atoms with E-state index in [2.05, 4.69) is 42.5 Å². The topological polar surface area (TPSA) is 29.9 Å². The highest BCUT2D eigenvalue weighted by Gasteiger charge is 2.15. The first-order valence-electron chi connectivity index (χ1n) is 7.62. The molecule has 0 bridgehead atoms. The first-order chi connectivity index (χ1) is 10.1. The molecule has 0 spiro atoms. The zero-order valence-electron chi connectivity index (χ0n) is 13.1. The van der Waals surface area contributed by atoms with Gasteiger partial charge >= 0.3 is 0 Å². The van der Waals surface area contributed by atoms with Crippen molar-refractivity contribution >= 4 is 11.6 Å². The maximum atomic E-state index is 6.00. The first-order valence-corrected chi connectivity index (χ1v) is 7.99. The molecule has 114 valence electrons. The van der Waals surface area contributed by atoms with Crippen LogP contribution in [0.1, 0.15) is 36.7 Å². The number of benzene rings is 1. The van der Waals surface area contributed by atoms with E-state index in [1.807, 2.05) is 23.9 Å². The van der Waals surface area contributed by atoms with E-state index < -0.39 is 0 Å². The summed E-state index contributed by atoms with van der Waals surface area (Å²) in [6.07, 6.45) is 1.96. The molecule has 1 aromatic heterocycles. The van der Waals surface area contributed by atoms with Gasteiger partial charge in [0.25, 0.3) is 0 Å². The van der Waals surface area contributed by atoms with Gasteiger partial charge in [-0.3, -0.25) is 4.68 Å². The minimum absolute atomic E-state index is 0.433. The van der Waals surface area contributed by atoms with Gasteiger partial charge in [-0.2, -0.15) is 5.10 Å². The summed E-state index contributed by atoms with van der Waals surface area (Å²) in [7, 11) is 2.03. The predicted octanol–water partition coefficient (Wildman–Crippen LogP) is 3.57. The second-order valence-corrected chi connectivity index (χ2v) is 5.80. The minimum Gasteiger partial charge on any atom is -0.316 e. The van der Waals surface area contributed by atoms with Gasteiger partial charge in [0, 0.05) is 30.2 Å². The quantitative estimate of drug-likeness (QED) is 0.847. The van der Waals surface area contributed by atoms with E-state index in [1.165, 1.54) is 11.3 Å². The van der Waals surface area contributed by atoms with Crippen LogP contribution in [0.25, 0.3) is 0 Å². The van der Waals surface area contributed by atoms with Crippen molar-refractivity contribution in [1.29, 1.82) is 0 Å². The summed E-state index contributed by atoms with van der Waals surface area (Å²) in [6, 6.07) is 10.4. The average Bonchev–Trinajstić information content (AvgIpc) is 2.85. The lowest BCUT2D eigenvalue weighted by molar-refractivity contribution is 0.570. The maximum Gasteiger partial charge on any atom is 0.0624 e. The number of hydrogen-bond donors (Lipinski definition) is 1. The van der Waals surface area contributed by atoms with E-state index in [-0.39, 0.29) is 0 Å². The molecule has 0 radical (unpaired) electrons. The zero-order chi connectivity index (χ0) is 15.2. The number of aryl methyl sites for hydroxylation is 2. The molecule has 4 heteroatoms. The standard InChI is InChI=1S/C17H24ClN3/c1-4-16-11-17(21(3)20-16)10-14(12-19-5-2)13-6-8-15(18)9-7-13/h6-9,11,14,19H,4-5,10,12H2,1-3H3. The van der Waals surface area contributed by atoms with Crippen molar-refractivity contribution in [3.63, 3.8) is 0 Å². The van der Waals surface area contributed by atoms with Crippen LogP contribution in [0.5, 0.6) is 0 Å². The van der Waals surface area contributed by atoms with Gasteiger partial charge in [-0.15, -0.1) is 0 Å². The van der Waals surface area contributed by atoms with Crippen molar-refractivity contribution in [2.24, 2.45) is 7.05 Å². The Kier molecular flexibility index (Phi) is 5.83. The Morgan fingerprint density at radius 2 is 1.95 bits per heavy atom. The van der Waals surface area contributed by atoms with E-state index in [4.69, 9.17) is 11.6 Å². The largest absolute Gasteiger partial charge is 0.316 e. The van der Waals surface area contributed by atoms with Crippen LogP contribution in [0.4, 0.5) is 0 Å². The van der Waals surface area contributed by atoms with Crippen LogP contribution >= 0.6 is 11.6 Å². The molecule has 0 aliphatic carbocycles. The van der Waals surface area contributed by atoms with Gasteiger partial charge < -0.3 is 5.32 Å². The van der Waals surface area contributed by atoms with Crippen LogP contribution < -0.4 is 5.32 Å². The normalized spacial score (nSPS) is 12.6. The molecule has 1 atom stereocenters. The molecule has 1 unspecified atom stereocenters. The van der Waals surface area contributed by atoms with Gasteiger partial charge in [-0.05, 0) is 43.1 Å². The average molecular weight is 306 g/mol. The molecule has 0 saturated heterocycles. The summed E-state index contributed by atoms with van der Waals surface area (Å²) in [5.41, 5.74) is 3.76. The van der Waals surface area contributed by atoms with Crippen LogP contribution in [-0.4, -0.2) is 22.9 Å².